The van der Waals surface area contributed by atoms with E-state index in [4.69, 9.17) is 9.84 Å². The van der Waals surface area contributed by atoms with Gasteiger partial charge in [0.05, 0.1) is 0 Å². The molecule has 2 aliphatic carbocycles. The van der Waals surface area contributed by atoms with Crippen LogP contribution in [0.1, 0.15) is 42.7 Å². The van der Waals surface area contributed by atoms with E-state index >= 15 is 0 Å². The number of ether oxygens (including phenoxy) is 1. The Labute approximate surface area is 158 Å². The zero-order valence-electron chi connectivity index (χ0n) is 15.1. The maximum absolute atomic E-state index is 12.3. The van der Waals surface area contributed by atoms with Crippen LogP contribution in [0.15, 0.2) is 48.5 Å². The third-order valence-electron chi connectivity index (χ3n) is 5.67. The molecule has 140 valence electrons. The number of aliphatic carboxylic acids is 1. The summed E-state index contributed by atoms with van der Waals surface area (Å²) >= 11 is 0. The van der Waals surface area contributed by atoms with Crippen LogP contribution in [0.3, 0.4) is 0 Å². The van der Waals surface area contributed by atoms with Crippen LogP contribution in [0, 0.1) is 5.92 Å². The largest absolute Gasteiger partial charge is 0.481 e. The Kier molecular flexibility index (Phi) is 4.84. The van der Waals surface area contributed by atoms with E-state index < -0.39 is 12.1 Å². The Morgan fingerprint density at radius 3 is 2.26 bits per heavy atom. The first-order chi connectivity index (χ1) is 13.1. The number of fused-ring (bicyclic) bond motifs is 3. The summed E-state index contributed by atoms with van der Waals surface area (Å²) in [4.78, 5) is 23.1. The fourth-order valence-corrected chi connectivity index (χ4v) is 4.45. The van der Waals surface area contributed by atoms with Gasteiger partial charge in [-0.25, -0.2) is 4.79 Å². The summed E-state index contributed by atoms with van der Waals surface area (Å²) in [7, 11) is 0. The lowest BCUT2D eigenvalue weighted by Crippen LogP contribution is -2.34. The summed E-state index contributed by atoms with van der Waals surface area (Å²) in [6.07, 6.45) is 2.10. The molecule has 1 fully saturated rings. The van der Waals surface area contributed by atoms with Crippen LogP contribution in [0.4, 0.5) is 4.79 Å². The molecule has 5 heteroatoms. The maximum Gasteiger partial charge on any atom is 0.407 e. The van der Waals surface area contributed by atoms with Gasteiger partial charge in [0.15, 0.2) is 0 Å². The lowest BCUT2D eigenvalue weighted by atomic mass is 9.98. The van der Waals surface area contributed by atoms with E-state index in [1.807, 2.05) is 24.3 Å². The molecule has 0 aromatic heterocycles. The number of amides is 1. The van der Waals surface area contributed by atoms with E-state index in [0.29, 0.717) is 13.0 Å². The lowest BCUT2D eigenvalue weighted by molar-refractivity contribution is -0.138. The SMILES string of the molecule is O=C(O)C[C@@H]1CC[C@@H](NC(=O)OCC2c3ccccc3-c3ccccc32)C1. The van der Waals surface area contributed by atoms with E-state index in [1.165, 1.54) is 22.3 Å². The highest BCUT2D eigenvalue weighted by atomic mass is 16.5. The summed E-state index contributed by atoms with van der Waals surface area (Å²) in [6.45, 7) is 0.297. The van der Waals surface area contributed by atoms with Crippen molar-refractivity contribution in [3.63, 3.8) is 0 Å². The Morgan fingerprint density at radius 2 is 1.63 bits per heavy atom. The van der Waals surface area contributed by atoms with Crippen molar-refractivity contribution in [1.82, 2.24) is 5.32 Å². The van der Waals surface area contributed by atoms with Crippen molar-refractivity contribution in [3.05, 3.63) is 59.7 Å². The molecule has 0 spiro atoms. The van der Waals surface area contributed by atoms with Crippen LogP contribution in [-0.4, -0.2) is 29.8 Å². The number of carbonyl (C=O) groups excluding carboxylic acids is 1. The quantitative estimate of drug-likeness (QED) is 0.834. The Hall–Kier alpha value is -2.82. The van der Waals surface area contributed by atoms with E-state index in [2.05, 4.69) is 29.6 Å². The number of carboxylic acid groups (broad SMARTS) is 1. The minimum absolute atomic E-state index is 0.00463. The average Bonchev–Trinajstić information content (AvgIpc) is 3.21. The highest BCUT2D eigenvalue weighted by molar-refractivity contribution is 5.79. The van der Waals surface area contributed by atoms with Crippen molar-refractivity contribution in [2.75, 3.05) is 6.61 Å². The van der Waals surface area contributed by atoms with Crippen LogP contribution in [0.2, 0.25) is 0 Å². The lowest BCUT2D eigenvalue weighted by Gasteiger charge is -2.17. The van der Waals surface area contributed by atoms with Crippen molar-refractivity contribution >= 4 is 12.1 Å². The van der Waals surface area contributed by atoms with Gasteiger partial charge in [-0.2, -0.15) is 0 Å². The minimum Gasteiger partial charge on any atom is -0.481 e. The monoisotopic (exact) mass is 365 g/mol. The molecule has 0 aliphatic heterocycles. The molecule has 27 heavy (non-hydrogen) atoms. The molecule has 1 amide bonds. The van der Waals surface area contributed by atoms with Gasteiger partial charge < -0.3 is 15.2 Å². The van der Waals surface area contributed by atoms with Crippen LogP contribution < -0.4 is 5.32 Å². The number of carboxylic acids is 1. The summed E-state index contributed by atoms with van der Waals surface area (Å²) in [5.41, 5.74) is 4.78. The number of rotatable bonds is 5. The molecule has 2 N–H and O–H groups in total. The Balaban J connectivity index is 1.37. The number of hydrogen-bond acceptors (Lipinski definition) is 3. The smallest absolute Gasteiger partial charge is 0.407 e. The molecular weight excluding hydrogens is 342 g/mol. The van der Waals surface area contributed by atoms with Gasteiger partial charge in [-0.05, 0) is 47.4 Å². The molecule has 5 nitrogen and oxygen atoms in total. The molecule has 0 heterocycles. The van der Waals surface area contributed by atoms with Gasteiger partial charge in [-0.15, -0.1) is 0 Å². The van der Waals surface area contributed by atoms with Gasteiger partial charge in [-0.3, -0.25) is 4.79 Å². The zero-order valence-corrected chi connectivity index (χ0v) is 15.1. The average molecular weight is 365 g/mol. The molecule has 1 saturated carbocycles. The van der Waals surface area contributed by atoms with Crippen molar-refractivity contribution in [1.29, 1.82) is 0 Å². The number of benzene rings is 2. The van der Waals surface area contributed by atoms with E-state index in [9.17, 15) is 9.59 Å². The molecule has 0 bridgehead atoms. The molecule has 4 rings (SSSR count). The van der Waals surface area contributed by atoms with E-state index in [1.54, 1.807) is 0 Å². The fourth-order valence-electron chi connectivity index (χ4n) is 4.45. The predicted octanol–water partition coefficient (Wildman–Crippen LogP) is 4.17. The van der Waals surface area contributed by atoms with Crippen LogP contribution in [-0.2, 0) is 9.53 Å². The number of nitrogens with one attached hydrogen (secondary N) is 1. The van der Waals surface area contributed by atoms with Gasteiger partial charge in [0, 0.05) is 18.4 Å². The first-order valence-corrected chi connectivity index (χ1v) is 9.45. The van der Waals surface area contributed by atoms with Gasteiger partial charge in [-0.1, -0.05) is 48.5 Å². The molecule has 0 unspecified atom stereocenters. The van der Waals surface area contributed by atoms with Gasteiger partial charge in [0.2, 0.25) is 0 Å². The normalized spacial score (nSPS) is 20.7. The third-order valence-corrected chi connectivity index (χ3v) is 5.67. The third kappa shape index (κ3) is 3.68. The molecule has 2 aromatic carbocycles. The van der Waals surface area contributed by atoms with Gasteiger partial charge in [0.25, 0.3) is 0 Å². The standard InChI is InChI=1S/C22H23NO4/c24-21(25)12-14-9-10-15(11-14)23-22(26)27-13-20-18-7-3-1-5-16(18)17-6-2-4-8-19(17)20/h1-8,14-15,20H,9-13H2,(H,23,26)(H,24,25)/t14-,15-/m1/s1. The second-order valence-corrected chi connectivity index (χ2v) is 7.44. The van der Waals surface area contributed by atoms with Crippen molar-refractivity contribution in [2.24, 2.45) is 5.92 Å². The van der Waals surface area contributed by atoms with Crippen LogP contribution >= 0.6 is 0 Å². The topological polar surface area (TPSA) is 75.6 Å². The van der Waals surface area contributed by atoms with Crippen molar-refractivity contribution < 1.29 is 19.4 Å². The molecule has 0 saturated heterocycles. The molecule has 2 aliphatic rings. The molecule has 0 radical (unpaired) electrons. The summed E-state index contributed by atoms with van der Waals surface area (Å²) < 4.78 is 5.55. The summed E-state index contributed by atoms with van der Waals surface area (Å²) in [5.74, 6) is -0.588. The van der Waals surface area contributed by atoms with Crippen LogP contribution in [0.5, 0.6) is 0 Å². The predicted molar refractivity (Wildman–Crippen MR) is 102 cm³/mol. The second-order valence-electron chi connectivity index (χ2n) is 7.44. The molecule has 2 aromatic rings. The van der Waals surface area contributed by atoms with Crippen molar-refractivity contribution in [3.8, 4) is 11.1 Å². The number of hydrogen-bond donors (Lipinski definition) is 2. The first-order valence-electron chi connectivity index (χ1n) is 9.45. The molecule has 2 atom stereocenters. The first kappa shape index (κ1) is 17.6. The van der Waals surface area contributed by atoms with Gasteiger partial charge in [0.1, 0.15) is 6.61 Å². The Bertz CT molecular complexity index is 817. The summed E-state index contributed by atoms with van der Waals surface area (Å²) in [5, 5.41) is 11.8. The highest BCUT2D eigenvalue weighted by Crippen LogP contribution is 2.44. The Morgan fingerprint density at radius 1 is 1.00 bits per heavy atom. The fraction of sp³-hybridized carbons (Fsp3) is 0.364. The van der Waals surface area contributed by atoms with Crippen molar-refractivity contribution in [2.45, 2.75) is 37.6 Å². The minimum atomic E-state index is -0.776. The van der Waals surface area contributed by atoms with Crippen LogP contribution in [0.25, 0.3) is 11.1 Å². The second kappa shape index (κ2) is 7.43. The molecular formula is C22H23NO4. The van der Waals surface area contributed by atoms with Gasteiger partial charge >= 0.3 is 12.1 Å². The van der Waals surface area contributed by atoms with E-state index in [-0.39, 0.29) is 24.3 Å². The number of alkyl carbamates (subject to hydrolysis) is 1. The highest BCUT2D eigenvalue weighted by Gasteiger charge is 2.30. The zero-order chi connectivity index (χ0) is 18.8. The number of carbonyl (C=O) groups is 2. The maximum atomic E-state index is 12.3. The summed E-state index contributed by atoms with van der Waals surface area (Å²) in [6, 6.07) is 16.5. The van der Waals surface area contributed by atoms with E-state index in [0.717, 1.165) is 12.8 Å².